The summed E-state index contributed by atoms with van der Waals surface area (Å²) >= 11 is 0. The number of methoxy groups -OCH3 is 1. The molecule has 0 bridgehead atoms. The Morgan fingerprint density at radius 2 is 2.26 bits per heavy atom. The summed E-state index contributed by atoms with van der Waals surface area (Å²) in [7, 11) is 1.24. The van der Waals surface area contributed by atoms with Gasteiger partial charge in [0, 0.05) is 0 Å². The number of esters is 1. The molecule has 2 fully saturated rings. The topological polar surface area (TPSA) is 125 Å². The van der Waals surface area contributed by atoms with Crippen molar-refractivity contribution in [3.8, 4) is 0 Å². The molecule has 3 heterocycles. The van der Waals surface area contributed by atoms with Gasteiger partial charge in [-0.3, -0.25) is 0 Å². The zero-order valence-corrected chi connectivity index (χ0v) is 12.9. The fourth-order valence-corrected chi connectivity index (χ4v) is 2.86. The molecule has 3 rings (SSSR count). The van der Waals surface area contributed by atoms with E-state index in [-0.39, 0.29) is 5.69 Å². The van der Waals surface area contributed by atoms with Gasteiger partial charge in [0.25, 0.3) is 0 Å². The summed E-state index contributed by atoms with van der Waals surface area (Å²) in [6.07, 6.45) is -1.88. The fourth-order valence-electron chi connectivity index (χ4n) is 2.86. The van der Waals surface area contributed by atoms with E-state index in [9.17, 15) is 15.0 Å². The number of aliphatic hydroxyl groups excluding tert-OH is 2. The highest BCUT2D eigenvalue weighted by Gasteiger charge is 2.57. The van der Waals surface area contributed by atoms with Crippen LogP contribution in [0.4, 0.5) is 0 Å². The van der Waals surface area contributed by atoms with Crippen molar-refractivity contribution in [3.63, 3.8) is 0 Å². The average Bonchev–Trinajstić information content (AvgIpc) is 3.17. The average molecular weight is 329 g/mol. The summed E-state index contributed by atoms with van der Waals surface area (Å²) < 4.78 is 23.1. The van der Waals surface area contributed by atoms with Crippen molar-refractivity contribution in [2.24, 2.45) is 0 Å². The highest BCUT2D eigenvalue weighted by atomic mass is 16.8. The quantitative estimate of drug-likeness (QED) is 0.658. The van der Waals surface area contributed by atoms with Crippen LogP contribution in [-0.4, -0.2) is 75.3 Å². The second-order valence-electron chi connectivity index (χ2n) is 5.89. The highest BCUT2D eigenvalue weighted by Crippen LogP contribution is 2.43. The normalized spacial score (nSPS) is 33.4. The Kier molecular flexibility index (Phi) is 4.10. The van der Waals surface area contributed by atoms with Crippen LogP contribution in [0, 0.1) is 0 Å². The van der Waals surface area contributed by atoms with Gasteiger partial charge in [-0.2, -0.15) is 0 Å². The lowest BCUT2D eigenvalue weighted by Crippen LogP contribution is -2.40. The smallest absolute Gasteiger partial charge is 0.360 e. The van der Waals surface area contributed by atoms with Crippen LogP contribution in [0.3, 0.4) is 0 Å². The Bertz CT molecular complexity index is 590. The minimum Gasteiger partial charge on any atom is -0.464 e. The van der Waals surface area contributed by atoms with Crippen molar-refractivity contribution >= 4 is 5.97 Å². The van der Waals surface area contributed by atoms with Crippen molar-refractivity contribution in [2.45, 2.75) is 50.3 Å². The lowest BCUT2D eigenvalue weighted by molar-refractivity contribution is -0.221. The molecule has 10 heteroatoms. The predicted molar refractivity (Wildman–Crippen MR) is 72.2 cm³/mol. The van der Waals surface area contributed by atoms with Gasteiger partial charge in [-0.05, 0) is 13.8 Å². The minimum atomic E-state index is -1.16. The number of nitrogens with zero attached hydrogens (tertiary/aromatic N) is 3. The zero-order chi connectivity index (χ0) is 16.8. The van der Waals surface area contributed by atoms with Gasteiger partial charge in [0.15, 0.2) is 17.8 Å². The second-order valence-corrected chi connectivity index (χ2v) is 5.89. The number of carbonyl (C=O) groups is 1. The third-order valence-corrected chi connectivity index (χ3v) is 3.83. The van der Waals surface area contributed by atoms with Gasteiger partial charge in [0.05, 0.1) is 19.9 Å². The molecule has 1 aromatic rings. The van der Waals surface area contributed by atoms with Crippen LogP contribution in [-0.2, 0) is 18.9 Å². The van der Waals surface area contributed by atoms with Crippen molar-refractivity contribution in [1.82, 2.24) is 15.0 Å². The molecular weight excluding hydrogens is 310 g/mol. The Hall–Kier alpha value is -1.59. The van der Waals surface area contributed by atoms with Crippen molar-refractivity contribution in [1.29, 1.82) is 0 Å². The predicted octanol–water partition coefficient (Wildman–Crippen LogP) is -1.16. The molecule has 2 aliphatic rings. The Morgan fingerprint density at radius 1 is 1.52 bits per heavy atom. The largest absolute Gasteiger partial charge is 0.464 e. The number of rotatable bonds is 4. The first-order valence-corrected chi connectivity index (χ1v) is 7.16. The van der Waals surface area contributed by atoms with Gasteiger partial charge < -0.3 is 29.2 Å². The first-order valence-electron chi connectivity index (χ1n) is 7.16. The van der Waals surface area contributed by atoms with Crippen LogP contribution in [0.5, 0.6) is 0 Å². The molecule has 0 aliphatic carbocycles. The van der Waals surface area contributed by atoms with Crippen LogP contribution in [0.25, 0.3) is 0 Å². The number of ether oxygens (including phenoxy) is 4. The molecule has 23 heavy (non-hydrogen) atoms. The maximum Gasteiger partial charge on any atom is 0.360 e. The minimum absolute atomic E-state index is 0.0198. The molecule has 128 valence electrons. The molecular formula is C13H19N3O7. The van der Waals surface area contributed by atoms with Gasteiger partial charge in [-0.25, -0.2) is 9.48 Å². The Labute approximate surface area is 131 Å². The summed E-state index contributed by atoms with van der Waals surface area (Å²) in [5.41, 5.74) is 0.0198. The van der Waals surface area contributed by atoms with Crippen LogP contribution < -0.4 is 0 Å². The molecule has 0 radical (unpaired) electrons. The number of aliphatic hydroxyl groups is 2. The first-order chi connectivity index (χ1) is 10.9. The highest BCUT2D eigenvalue weighted by molar-refractivity contribution is 5.86. The molecule has 2 N–H and O–H groups in total. The van der Waals surface area contributed by atoms with E-state index < -0.39 is 49.0 Å². The van der Waals surface area contributed by atoms with E-state index in [1.165, 1.54) is 18.0 Å². The maximum absolute atomic E-state index is 11.5. The number of aromatic nitrogens is 3. The van der Waals surface area contributed by atoms with Gasteiger partial charge in [0.2, 0.25) is 0 Å². The van der Waals surface area contributed by atoms with E-state index >= 15 is 0 Å². The molecule has 1 aromatic heterocycles. The zero-order valence-electron chi connectivity index (χ0n) is 12.9. The Morgan fingerprint density at radius 3 is 2.91 bits per heavy atom. The van der Waals surface area contributed by atoms with E-state index in [0.29, 0.717) is 0 Å². The van der Waals surface area contributed by atoms with Crippen LogP contribution in [0.1, 0.15) is 30.4 Å². The molecule has 0 saturated carbocycles. The van der Waals surface area contributed by atoms with E-state index in [1.54, 1.807) is 13.8 Å². The molecule has 0 unspecified atom stereocenters. The summed E-state index contributed by atoms with van der Waals surface area (Å²) in [5.74, 6) is -1.48. The number of carbonyl (C=O) groups excluding carboxylic acids is 1. The van der Waals surface area contributed by atoms with E-state index in [1.807, 2.05) is 0 Å². The van der Waals surface area contributed by atoms with Crippen LogP contribution >= 0.6 is 0 Å². The third-order valence-electron chi connectivity index (χ3n) is 3.83. The lowest BCUT2D eigenvalue weighted by atomic mass is 10.0. The lowest BCUT2D eigenvalue weighted by Gasteiger charge is -2.27. The first kappa shape index (κ1) is 16.3. The second kappa shape index (κ2) is 5.80. The number of hydrogen-bond acceptors (Lipinski definition) is 9. The SMILES string of the molecule is COC(=O)c1cn([C@@H]2[C@H]3OC(C)(C)O[C@H]3O[C@@H]2[C@H](O)CO)nn1. The van der Waals surface area contributed by atoms with Gasteiger partial charge in [-0.1, -0.05) is 5.21 Å². The Balaban J connectivity index is 1.91. The summed E-state index contributed by atoms with van der Waals surface area (Å²) in [6.45, 7) is 2.98. The van der Waals surface area contributed by atoms with Crippen molar-refractivity contribution in [2.75, 3.05) is 13.7 Å². The molecule has 5 atom stereocenters. The molecule has 0 aromatic carbocycles. The fraction of sp³-hybridized carbons (Fsp3) is 0.769. The molecule has 0 amide bonds. The van der Waals surface area contributed by atoms with Gasteiger partial charge in [0.1, 0.15) is 24.4 Å². The maximum atomic E-state index is 11.5. The van der Waals surface area contributed by atoms with Gasteiger partial charge in [-0.15, -0.1) is 5.10 Å². The summed E-state index contributed by atoms with van der Waals surface area (Å²) in [5, 5.41) is 26.9. The van der Waals surface area contributed by atoms with Crippen molar-refractivity contribution < 1.29 is 34.0 Å². The van der Waals surface area contributed by atoms with Crippen LogP contribution in [0.15, 0.2) is 6.20 Å². The molecule has 0 spiro atoms. The number of fused-ring (bicyclic) bond motifs is 1. The van der Waals surface area contributed by atoms with Crippen molar-refractivity contribution in [3.05, 3.63) is 11.9 Å². The van der Waals surface area contributed by atoms with Crippen LogP contribution in [0.2, 0.25) is 0 Å². The number of hydrogen-bond donors (Lipinski definition) is 2. The van der Waals surface area contributed by atoms with E-state index in [4.69, 9.17) is 14.2 Å². The summed E-state index contributed by atoms with van der Waals surface area (Å²) in [6, 6.07) is -0.616. The summed E-state index contributed by atoms with van der Waals surface area (Å²) in [4.78, 5) is 11.5. The standard InChI is InChI=1S/C13H19N3O7/c1-13(2)22-10-8(9(7(18)5-17)21-12(10)23-13)16-4-6(14-15-16)11(19)20-3/h4,7-10,12,17-18H,5H2,1-3H3/t7-,8+,9-,10-,12-/m1/s1. The van der Waals surface area contributed by atoms with E-state index in [0.717, 1.165) is 0 Å². The van der Waals surface area contributed by atoms with E-state index in [2.05, 4.69) is 15.0 Å². The molecule has 10 nitrogen and oxygen atoms in total. The van der Waals surface area contributed by atoms with Gasteiger partial charge >= 0.3 is 5.97 Å². The monoisotopic (exact) mass is 329 g/mol. The molecule has 2 saturated heterocycles. The molecule has 2 aliphatic heterocycles. The third kappa shape index (κ3) is 2.83.